The van der Waals surface area contributed by atoms with Crippen molar-refractivity contribution in [3.05, 3.63) is 36.2 Å². The fraction of sp³-hybridized carbons (Fsp3) is 0.429. The maximum absolute atomic E-state index is 5.31. The van der Waals surface area contributed by atoms with Crippen molar-refractivity contribution in [3.63, 3.8) is 0 Å². The number of pyridine rings is 1. The lowest BCUT2D eigenvalue weighted by molar-refractivity contribution is 0.380. The highest BCUT2D eigenvalue weighted by Gasteiger charge is 2.06. The fourth-order valence-electron chi connectivity index (χ4n) is 1.79. The number of hydrogen-bond donors (Lipinski definition) is 0. The van der Waals surface area contributed by atoms with E-state index in [-0.39, 0.29) is 0 Å². The minimum absolute atomic E-state index is 0.830. The van der Waals surface area contributed by atoms with Crippen molar-refractivity contribution in [1.29, 1.82) is 0 Å². The van der Waals surface area contributed by atoms with Crippen molar-refractivity contribution in [1.82, 2.24) is 10.1 Å². The summed E-state index contributed by atoms with van der Waals surface area (Å²) in [6.07, 6.45) is 7.72. The van der Waals surface area contributed by atoms with Gasteiger partial charge in [0.15, 0.2) is 0 Å². The maximum atomic E-state index is 5.31. The Balaban J connectivity index is 1.92. The van der Waals surface area contributed by atoms with E-state index in [2.05, 4.69) is 17.1 Å². The van der Waals surface area contributed by atoms with Gasteiger partial charge in [0.05, 0.1) is 5.69 Å². The Kier molecular flexibility index (Phi) is 4.30. The van der Waals surface area contributed by atoms with Crippen LogP contribution in [0.3, 0.4) is 0 Å². The van der Waals surface area contributed by atoms with Crippen molar-refractivity contribution in [3.8, 4) is 11.4 Å². The first kappa shape index (κ1) is 11.8. The van der Waals surface area contributed by atoms with Crippen LogP contribution in [-0.2, 0) is 6.42 Å². The molecule has 0 atom stereocenters. The van der Waals surface area contributed by atoms with E-state index >= 15 is 0 Å². The van der Waals surface area contributed by atoms with Crippen LogP contribution in [0.1, 0.15) is 38.4 Å². The molecule has 0 saturated carbocycles. The molecule has 0 N–H and O–H groups in total. The summed E-state index contributed by atoms with van der Waals surface area (Å²) >= 11 is 0. The van der Waals surface area contributed by atoms with Crippen LogP contribution in [0.2, 0.25) is 0 Å². The van der Waals surface area contributed by atoms with Gasteiger partial charge < -0.3 is 4.52 Å². The molecule has 0 radical (unpaired) electrons. The summed E-state index contributed by atoms with van der Waals surface area (Å²) < 4.78 is 5.31. The highest BCUT2D eigenvalue weighted by molar-refractivity contribution is 5.52. The number of unbranched alkanes of at least 4 members (excludes halogenated alkanes) is 3. The van der Waals surface area contributed by atoms with Crippen LogP contribution in [0.4, 0.5) is 0 Å². The van der Waals surface area contributed by atoms with E-state index < -0.39 is 0 Å². The van der Waals surface area contributed by atoms with Gasteiger partial charge in [-0.05, 0) is 18.6 Å². The Morgan fingerprint density at radius 3 is 2.82 bits per heavy atom. The van der Waals surface area contributed by atoms with Crippen molar-refractivity contribution in [2.45, 2.75) is 39.0 Å². The maximum Gasteiger partial charge on any atom is 0.137 e. The molecule has 2 rings (SSSR count). The SMILES string of the molecule is CCCCCCc1cc(-c2ccccn2)no1. The van der Waals surface area contributed by atoms with Gasteiger partial charge in [0.2, 0.25) is 0 Å². The molecule has 2 heterocycles. The first-order chi connectivity index (χ1) is 8.40. The second-order valence-corrected chi connectivity index (χ2v) is 4.20. The second kappa shape index (κ2) is 6.18. The van der Waals surface area contributed by atoms with Crippen LogP contribution in [0.5, 0.6) is 0 Å². The van der Waals surface area contributed by atoms with E-state index in [9.17, 15) is 0 Å². The molecular weight excluding hydrogens is 212 g/mol. The predicted octanol–water partition coefficient (Wildman–Crippen LogP) is 3.86. The molecule has 3 nitrogen and oxygen atoms in total. The fourth-order valence-corrected chi connectivity index (χ4v) is 1.79. The summed E-state index contributed by atoms with van der Waals surface area (Å²) in [6.45, 7) is 2.22. The standard InChI is InChI=1S/C14H18N2O/c1-2-3-4-5-8-12-11-14(16-17-12)13-9-6-7-10-15-13/h6-7,9-11H,2-5,8H2,1H3. The molecular formula is C14H18N2O. The third-order valence-corrected chi connectivity index (χ3v) is 2.76. The molecule has 0 spiro atoms. The minimum atomic E-state index is 0.830. The average Bonchev–Trinajstić information content (AvgIpc) is 2.85. The highest BCUT2D eigenvalue weighted by atomic mass is 16.5. The van der Waals surface area contributed by atoms with E-state index in [1.54, 1.807) is 6.20 Å². The largest absolute Gasteiger partial charge is 0.361 e. The number of aryl methyl sites for hydroxylation is 1. The zero-order valence-electron chi connectivity index (χ0n) is 10.2. The Morgan fingerprint density at radius 1 is 1.12 bits per heavy atom. The Morgan fingerprint density at radius 2 is 2.06 bits per heavy atom. The second-order valence-electron chi connectivity index (χ2n) is 4.20. The molecule has 2 aromatic heterocycles. The van der Waals surface area contributed by atoms with Crippen LogP contribution in [0.25, 0.3) is 11.4 Å². The van der Waals surface area contributed by atoms with Gasteiger partial charge in [-0.25, -0.2) is 0 Å². The molecule has 0 aromatic carbocycles. The van der Waals surface area contributed by atoms with Crippen molar-refractivity contribution >= 4 is 0 Å². The van der Waals surface area contributed by atoms with Crippen molar-refractivity contribution in [2.24, 2.45) is 0 Å². The van der Waals surface area contributed by atoms with Gasteiger partial charge in [-0.2, -0.15) is 0 Å². The molecule has 0 saturated heterocycles. The molecule has 0 bridgehead atoms. The number of hydrogen-bond acceptors (Lipinski definition) is 3. The lowest BCUT2D eigenvalue weighted by atomic mass is 10.1. The normalized spacial score (nSPS) is 10.6. The first-order valence-electron chi connectivity index (χ1n) is 6.27. The van der Waals surface area contributed by atoms with E-state index in [0.717, 1.165) is 23.6 Å². The van der Waals surface area contributed by atoms with E-state index in [4.69, 9.17) is 4.52 Å². The summed E-state index contributed by atoms with van der Waals surface area (Å²) in [6, 6.07) is 7.79. The van der Waals surface area contributed by atoms with E-state index in [0.29, 0.717) is 0 Å². The topological polar surface area (TPSA) is 38.9 Å². The van der Waals surface area contributed by atoms with Crippen LogP contribution in [-0.4, -0.2) is 10.1 Å². The minimum Gasteiger partial charge on any atom is -0.361 e. The van der Waals surface area contributed by atoms with Gasteiger partial charge in [0.25, 0.3) is 0 Å². The molecule has 0 fully saturated rings. The van der Waals surface area contributed by atoms with E-state index in [1.165, 1.54) is 25.7 Å². The third kappa shape index (κ3) is 3.41. The lowest BCUT2D eigenvalue weighted by Crippen LogP contribution is -1.82. The summed E-state index contributed by atoms with van der Waals surface area (Å²) in [7, 11) is 0. The average molecular weight is 230 g/mol. The lowest BCUT2D eigenvalue weighted by Gasteiger charge is -1.94. The smallest absolute Gasteiger partial charge is 0.137 e. The molecule has 2 aromatic rings. The quantitative estimate of drug-likeness (QED) is 0.707. The third-order valence-electron chi connectivity index (χ3n) is 2.76. The van der Waals surface area contributed by atoms with Gasteiger partial charge >= 0.3 is 0 Å². The molecule has 0 aliphatic rings. The van der Waals surface area contributed by atoms with Crippen molar-refractivity contribution in [2.75, 3.05) is 0 Å². The summed E-state index contributed by atoms with van der Waals surface area (Å²) in [4.78, 5) is 4.25. The monoisotopic (exact) mass is 230 g/mol. The van der Waals surface area contributed by atoms with Crippen LogP contribution in [0.15, 0.2) is 35.0 Å². The molecule has 90 valence electrons. The van der Waals surface area contributed by atoms with E-state index in [1.807, 2.05) is 24.3 Å². The summed E-state index contributed by atoms with van der Waals surface area (Å²) in [5, 5.41) is 4.05. The van der Waals surface area contributed by atoms with Gasteiger partial charge in [-0.1, -0.05) is 37.4 Å². The molecule has 0 unspecified atom stereocenters. The molecule has 0 aliphatic carbocycles. The van der Waals surface area contributed by atoms with Crippen LogP contribution in [0, 0.1) is 0 Å². The zero-order valence-corrected chi connectivity index (χ0v) is 10.2. The van der Waals surface area contributed by atoms with Crippen LogP contribution >= 0.6 is 0 Å². The summed E-state index contributed by atoms with van der Waals surface area (Å²) in [5.74, 6) is 0.960. The Labute approximate surface area is 102 Å². The number of nitrogens with zero attached hydrogens (tertiary/aromatic N) is 2. The highest BCUT2D eigenvalue weighted by Crippen LogP contribution is 2.17. The van der Waals surface area contributed by atoms with Crippen molar-refractivity contribution < 1.29 is 4.52 Å². The first-order valence-corrected chi connectivity index (χ1v) is 6.27. The summed E-state index contributed by atoms with van der Waals surface area (Å²) in [5.41, 5.74) is 1.70. The Bertz CT molecular complexity index is 436. The van der Waals surface area contributed by atoms with Gasteiger partial charge in [0.1, 0.15) is 11.5 Å². The van der Waals surface area contributed by atoms with Gasteiger partial charge in [-0.15, -0.1) is 0 Å². The molecule has 0 aliphatic heterocycles. The number of aromatic nitrogens is 2. The molecule has 3 heteroatoms. The predicted molar refractivity (Wildman–Crippen MR) is 67.6 cm³/mol. The van der Waals surface area contributed by atoms with Gasteiger partial charge in [0, 0.05) is 18.7 Å². The van der Waals surface area contributed by atoms with Crippen LogP contribution < -0.4 is 0 Å². The molecule has 17 heavy (non-hydrogen) atoms. The Hall–Kier alpha value is -1.64. The van der Waals surface area contributed by atoms with Gasteiger partial charge in [-0.3, -0.25) is 4.98 Å². The molecule has 0 amide bonds. The number of rotatable bonds is 6. The zero-order chi connectivity index (χ0) is 11.9.